The van der Waals surface area contributed by atoms with Crippen LogP contribution in [0.3, 0.4) is 0 Å². The largest absolute Gasteiger partial charge is 0.0654 e. The molecule has 0 aliphatic rings. The van der Waals surface area contributed by atoms with Crippen LogP contribution >= 0.6 is 0 Å². The molecule has 1 aromatic carbocycles. The second-order valence-electron chi connectivity index (χ2n) is 4.19. The lowest BCUT2D eigenvalue weighted by Crippen LogP contribution is -1.86. The first-order valence-electron chi connectivity index (χ1n) is 6.30. The molecule has 0 aliphatic heterocycles. The predicted molar refractivity (Wildman–Crippen MR) is 65.8 cm³/mol. The minimum absolute atomic E-state index is 1.17. The Bertz CT molecular complexity index is 225. The van der Waals surface area contributed by atoms with Gasteiger partial charge in [0.25, 0.3) is 0 Å². The maximum absolute atomic E-state index is 3.15. The van der Waals surface area contributed by atoms with Gasteiger partial charge in [-0.25, -0.2) is 0 Å². The first-order valence-corrected chi connectivity index (χ1v) is 6.30. The number of benzene rings is 1. The summed E-state index contributed by atoms with van der Waals surface area (Å²) in [4.78, 5) is 0. The van der Waals surface area contributed by atoms with Gasteiger partial charge in [-0.2, -0.15) is 0 Å². The molecule has 0 amide bonds. The maximum Gasteiger partial charge on any atom is -0.00641 e. The fraction of sp³-hybridized carbons (Fsp3) is 0.600. The minimum Gasteiger partial charge on any atom is -0.0654 e. The summed E-state index contributed by atoms with van der Waals surface area (Å²) in [6.45, 7) is 2.27. The van der Waals surface area contributed by atoms with Crippen molar-refractivity contribution in [2.45, 2.75) is 58.3 Å². The molecule has 0 heterocycles. The Hall–Kier alpha value is -0.780. The van der Waals surface area contributed by atoms with Gasteiger partial charge in [0.05, 0.1) is 0 Å². The summed E-state index contributed by atoms with van der Waals surface area (Å²) in [6.07, 6.45) is 10.8. The van der Waals surface area contributed by atoms with Crippen LogP contribution in [0.2, 0.25) is 0 Å². The van der Waals surface area contributed by atoms with Crippen molar-refractivity contribution in [2.24, 2.45) is 0 Å². The van der Waals surface area contributed by atoms with Crippen LogP contribution < -0.4 is 0 Å². The van der Waals surface area contributed by atoms with E-state index >= 15 is 0 Å². The summed E-state index contributed by atoms with van der Waals surface area (Å²) in [6, 6.07) is 12.3. The standard InChI is InChI=1S/C15H22/c1-2-3-4-5-6-7-9-12-15-13-10-8-11-14-15/h8,10,13H,2-7,9,12H2,1H3. The number of rotatable bonds is 8. The summed E-state index contributed by atoms with van der Waals surface area (Å²) >= 11 is 0. The van der Waals surface area contributed by atoms with E-state index in [2.05, 4.69) is 25.1 Å². The van der Waals surface area contributed by atoms with Crippen LogP contribution in [0.5, 0.6) is 0 Å². The predicted octanol–water partition coefficient (Wildman–Crippen LogP) is 4.58. The molecule has 0 atom stereocenters. The van der Waals surface area contributed by atoms with Crippen molar-refractivity contribution in [3.8, 4) is 0 Å². The second-order valence-corrected chi connectivity index (χ2v) is 4.19. The van der Waals surface area contributed by atoms with Crippen LogP contribution in [-0.2, 0) is 6.42 Å². The van der Waals surface area contributed by atoms with Crippen molar-refractivity contribution < 1.29 is 0 Å². The Morgan fingerprint density at radius 1 is 1.00 bits per heavy atom. The number of hydrogen-bond acceptors (Lipinski definition) is 0. The van der Waals surface area contributed by atoms with E-state index in [-0.39, 0.29) is 0 Å². The summed E-state index contributed by atoms with van der Waals surface area (Å²) < 4.78 is 0. The molecule has 0 saturated carbocycles. The molecular weight excluding hydrogens is 180 g/mol. The molecule has 82 valence electrons. The highest BCUT2D eigenvalue weighted by Gasteiger charge is 1.93. The first-order chi connectivity index (χ1) is 7.43. The third-order valence-electron chi connectivity index (χ3n) is 2.76. The van der Waals surface area contributed by atoms with Crippen molar-refractivity contribution in [2.75, 3.05) is 0 Å². The van der Waals surface area contributed by atoms with Crippen LogP contribution in [0.15, 0.2) is 18.2 Å². The highest BCUT2D eigenvalue weighted by molar-refractivity contribution is 5.11. The van der Waals surface area contributed by atoms with Gasteiger partial charge < -0.3 is 0 Å². The molecule has 2 radical (unpaired) electrons. The van der Waals surface area contributed by atoms with Gasteiger partial charge in [-0.1, -0.05) is 63.6 Å². The molecular formula is C15H22. The number of aryl methyl sites for hydroxylation is 1. The number of unbranched alkanes of at least 4 members (excludes halogenated alkanes) is 6. The SMILES string of the molecule is CCCCCCCCCc1[c][c]ccc1. The van der Waals surface area contributed by atoms with Gasteiger partial charge in [-0.3, -0.25) is 0 Å². The Kier molecular flexibility index (Phi) is 6.98. The van der Waals surface area contributed by atoms with Crippen LogP contribution in [0.1, 0.15) is 57.4 Å². The van der Waals surface area contributed by atoms with Crippen molar-refractivity contribution in [1.29, 1.82) is 0 Å². The van der Waals surface area contributed by atoms with E-state index in [4.69, 9.17) is 0 Å². The zero-order valence-corrected chi connectivity index (χ0v) is 9.89. The molecule has 1 aromatic rings. The van der Waals surface area contributed by atoms with Crippen LogP contribution in [0.25, 0.3) is 0 Å². The average Bonchev–Trinajstić information content (AvgIpc) is 2.29. The molecule has 0 saturated heterocycles. The van der Waals surface area contributed by atoms with Crippen molar-refractivity contribution in [3.05, 3.63) is 35.9 Å². The van der Waals surface area contributed by atoms with E-state index in [9.17, 15) is 0 Å². The molecule has 0 heteroatoms. The van der Waals surface area contributed by atoms with Gasteiger partial charge in [-0.15, -0.1) is 0 Å². The van der Waals surface area contributed by atoms with E-state index in [0.29, 0.717) is 0 Å². The molecule has 15 heavy (non-hydrogen) atoms. The fourth-order valence-electron chi connectivity index (χ4n) is 1.81. The molecule has 0 aromatic heterocycles. The van der Waals surface area contributed by atoms with Gasteiger partial charge >= 0.3 is 0 Å². The molecule has 0 bridgehead atoms. The molecule has 0 unspecified atom stereocenters. The number of hydrogen-bond donors (Lipinski definition) is 0. The van der Waals surface area contributed by atoms with Gasteiger partial charge in [0.15, 0.2) is 0 Å². The highest BCUT2D eigenvalue weighted by atomic mass is 14.0. The second kappa shape index (κ2) is 8.52. The van der Waals surface area contributed by atoms with E-state index in [1.807, 2.05) is 12.1 Å². The van der Waals surface area contributed by atoms with Crippen LogP contribution in [-0.4, -0.2) is 0 Å². The van der Waals surface area contributed by atoms with E-state index in [1.54, 1.807) is 0 Å². The van der Waals surface area contributed by atoms with Crippen LogP contribution in [0, 0.1) is 12.1 Å². The Balaban J connectivity index is 1.93. The van der Waals surface area contributed by atoms with Gasteiger partial charge in [0.2, 0.25) is 0 Å². The quantitative estimate of drug-likeness (QED) is 0.541. The first kappa shape index (κ1) is 12.3. The van der Waals surface area contributed by atoms with Gasteiger partial charge in [0, 0.05) is 0 Å². The smallest absolute Gasteiger partial charge is 0.00641 e. The summed E-state index contributed by atoms with van der Waals surface area (Å²) in [7, 11) is 0. The minimum atomic E-state index is 1.17. The Labute approximate surface area is 94.7 Å². The highest BCUT2D eigenvalue weighted by Crippen LogP contribution is 2.09. The van der Waals surface area contributed by atoms with E-state index in [0.717, 1.165) is 0 Å². The summed E-state index contributed by atoms with van der Waals surface area (Å²) in [5.41, 5.74) is 1.31. The lowest BCUT2D eigenvalue weighted by Gasteiger charge is -2.01. The lowest BCUT2D eigenvalue weighted by atomic mass is 10.0. The van der Waals surface area contributed by atoms with Crippen molar-refractivity contribution in [1.82, 2.24) is 0 Å². The zero-order chi connectivity index (χ0) is 10.8. The molecule has 0 fully saturated rings. The van der Waals surface area contributed by atoms with Gasteiger partial charge in [-0.05, 0) is 30.5 Å². The third-order valence-corrected chi connectivity index (χ3v) is 2.76. The average molecular weight is 202 g/mol. The molecule has 0 aliphatic carbocycles. The Morgan fingerprint density at radius 2 is 1.73 bits per heavy atom. The molecule has 1 rings (SSSR count). The maximum atomic E-state index is 3.15. The molecule has 0 nitrogen and oxygen atoms in total. The molecule has 0 N–H and O–H groups in total. The summed E-state index contributed by atoms with van der Waals surface area (Å²) in [5, 5.41) is 0. The molecule has 0 spiro atoms. The fourth-order valence-corrected chi connectivity index (χ4v) is 1.81. The van der Waals surface area contributed by atoms with Gasteiger partial charge in [0.1, 0.15) is 0 Å². The monoisotopic (exact) mass is 202 g/mol. The summed E-state index contributed by atoms with van der Waals surface area (Å²) in [5.74, 6) is 0. The zero-order valence-electron chi connectivity index (χ0n) is 9.89. The van der Waals surface area contributed by atoms with E-state index in [1.165, 1.54) is 56.9 Å². The van der Waals surface area contributed by atoms with Crippen molar-refractivity contribution in [3.63, 3.8) is 0 Å². The van der Waals surface area contributed by atoms with Crippen molar-refractivity contribution >= 4 is 0 Å². The topological polar surface area (TPSA) is 0 Å². The lowest BCUT2D eigenvalue weighted by molar-refractivity contribution is 0.589. The van der Waals surface area contributed by atoms with E-state index < -0.39 is 0 Å². The Morgan fingerprint density at radius 3 is 2.40 bits per heavy atom. The third kappa shape index (κ3) is 6.33. The van der Waals surface area contributed by atoms with Crippen LogP contribution in [0.4, 0.5) is 0 Å². The normalized spacial score (nSPS) is 10.5.